The molecule has 1 aliphatic rings. The van der Waals surface area contributed by atoms with E-state index in [1.165, 1.54) is 19.5 Å². The van der Waals surface area contributed by atoms with Crippen LogP contribution in [0.25, 0.3) is 0 Å². The Kier molecular flexibility index (Phi) is 3.71. The van der Waals surface area contributed by atoms with E-state index in [9.17, 15) is 0 Å². The average molecular weight is 186 g/mol. The van der Waals surface area contributed by atoms with Gasteiger partial charge < -0.3 is 15.3 Å². The molecule has 1 aliphatic heterocycles. The lowest BCUT2D eigenvalue weighted by Crippen LogP contribution is -2.45. The van der Waals surface area contributed by atoms with Crippen molar-refractivity contribution in [1.82, 2.24) is 10.2 Å². The van der Waals surface area contributed by atoms with E-state index in [0.717, 1.165) is 12.5 Å². The fourth-order valence-electron chi connectivity index (χ4n) is 1.67. The fraction of sp³-hybridized carbons (Fsp3) is 1.00. The maximum absolute atomic E-state index is 9.05. The van der Waals surface area contributed by atoms with E-state index in [1.54, 1.807) is 0 Å². The van der Waals surface area contributed by atoms with Crippen molar-refractivity contribution in [2.75, 3.05) is 33.3 Å². The van der Waals surface area contributed by atoms with E-state index in [4.69, 9.17) is 5.11 Å². The molecule has 0 saturated carbocycles. The summed E-state index contributed by atoms with van der Waals surface area (Å²) in [6.07, 6.45) is 1.28. The molecule has 0 bridgehead atoms. The molecule has 1 atom stereocenters. The van der Waals surface area contributed by atoms with Crippen molar-refractivity contribution < 1.29 is 5.11 Å². The van der Waals surface area contributed by atoms with Crippen LogP contribution in [-0.4, -0.2) is 48.8 Å². The minimum Gasteiger partial charge on any atom is -0.394 e. The molecule has 0 radical (unpaired) electrons. The molecule has 1 unspecified atom stereocenters. The summed E-state index contributed by atoms with van der Waals surface area (Å²) in [5.74, 6) is 0.760. The number of rotatable bonds is 4. The Balaban J connectivity index is 2.19. The van der Waals surface area contributed by atoms with Crippen molar-refractivity contribution in [1.29, 1.82) is 0 Å². The second-order valence-electron chi connectivity index (χ2n) is 4.84. The molecule has 0 amide bonds. The van der Waals surface area contributed by atoms with Crippen LogP contribution in [-0.2, 0) is 0 Å². The lowest BCUT2D eigenvalue weighted by atomic mass is 10.0. The monoisotopic (exact) mass is 186 g/mol. The summed E-state index contributed by atoms with van der Waals surface area (Å²) in [5, 5.41) is 12.4. The van der Waals surface area contributed by atoms with E-state index in [-0.39, 0.29) is 12.1 Å². The third kappa shape index (κ3) is 3.63. The zero-order valence-corrected chi connectivity index (χ0v) is 9.01. The topological polar surface area (TPSA) is 35.5 Å². The highest BCUT2D eigenvalue weighted by Gasteiger charge is 2.22. The zero-order chi connectivity index (χ0) is 9.90. The summed E-state index contributed by atoms with van der Waals surface area (Å²) >= 11 is 0. The Bertz CT molecular complexity index is 159. The molecule has 1 fully saturated rings. The maximum Gasteiger partial charge on any atom is 0.0607 e. The number of aliphatic hydroxyl groups is 1. The fourth-order valence-corrected chi connectivity index (χ4v) is 1.67. The van der Waals surface area contributed by atoms with Gasteiger partial charge in [-0.15, -0.1) is 0 Å². The SMILES string of the molecule is CN1CCC(CNC(C)(C)CO)C1. The van der Waals surface area contributed by atoms with Crippen molar-refractivity contribution in [3.63, 3.8) is 0 Å². The molecular formula is C10H22N2O. The van der Waals surface area contributed by atoms with Gasteiger partial charge in [0.1, 0.15) is 0 Å². The maximum atomic E-state index is 9.05. The molecule has 78 valence electrons. The van der Waals surface area contributed by atoms with Crippen LogP contribution < -0.4 is 5.32 Å². The van der Waals surface area contributed by atoms with Crippen LogP contribution >= 0.6 is 0 Å². The minimum atomic E-state index is -0.124. The first-order valence-corrected chi connectivity index (χ1v) is 5.08. The number of hydrogen-bond acceptors (Lipinski definition) is 3. The van der Waals surface area contributed by atoms with Crippen LogP contribution in [0.3, 0.4) is 0 Å². The lowest BCUT2D eigenvalue weighted by molar-refractivity contribution is 0.183. The smallest absolute Gasteiger partial charge is 0.0607 e. The molecule has 0 aliphatic carbocycles. The summed E-state index contributed by atoms with van der Waals surface area (Å²) in [5.41, 5.74) is -0.124. The van der Waals surface area contributed by atoms with Gasteiger partial charge in [-0.2, -0.15) is 0 Å². The molecule has 0 aromatic heterocycles. The van der Waals surface area contributed by atoms with Gasteiger partial charge in [0.15, 0.2) is 0 Å². The van der Waals surface area contributed by atoms with Gasteiger partial charge in [0.25, 0.3) is 0 Å². The van der Waals surface area contributed by atoms with Crippen LogP contribution in [0.5, 0.6) is 0 Å². The van der Waals surface area contributed by atoms with Gasteiger partial charge in [-0.1, -0.05) is 0 Å². The van der Waals surface area contributed by atoms with Gasteiger partial charge in [-0.3, -0.25) is 0 Å². The highest BCUT2D eigenvalue weighted by Crippen LogP contribution is 2.14. The normalized spacial score (nSPS) is 25.4. The predicted molar refractivity (Wildman–Crippen MR) is 54.8 cm³/mol. The molecule has 3 nitrogen and oxygen atoms in total. The van der Waals surface area contributed by atoms with Crippen LogP contribution in [0.15, 0.2) is 0 Å². The molecular weight excluding hydrogens is 164 g/mol. The first kappa shape index (κ1) is 11.0. The van der Waals surface area contributed by atoms with Gasteiger partial charge in [0.2, 0.25) is 0 Å². The van der Waals surface area contributed by atoms with Crippen molar-refractivity contribution in [3.8, 4) is 0 Å². The summed E-state index contributed by atoms with van der Waals surface area (Å²) in [6, 6.07) is 0. The Morgan fingerprint density at radius 1 is 1.54 bits per heavy atom. The summed E-state index contributed by atoms with van der Waals surface area (Å²) in [6.45, 7) is 7.70. The van der Waals surface area contributed by atoms with Crippen molar-refractivity contribution in [2.45, 2.75) is 25.8 Å². The second kappa shape index (κ2) is 4.40. The van der Waals surface area contributed by atoms with Crippen LogP contribution in [0.2, 0.25) is 0 Å². The Morgan fingerprint density at radius 3 is 2.69 bits per heavy atom. The standard InChI is InChI=1S/C10H22N2O/c1-10(2,8-13)11-6-9-4-5-12(3)7-9/h9,11,13H,4-8H2,1-3H3. The van der Waals surface area contributed by atoms with E-state index >= 15 is 0 Å². The van der Waals surface area contributed by atoms with Crippen molar-refractivity contribution >= 4 is 0 Å². The molecule has 0 aromatic carbocycles. The second-order valence-corrected chi connectivity index (χ2v) is 4.84. The van der Waals surface area contributed by atoms with Crippen LogP contribution in [0.1, 0.15) is 20.3 Å². The Hall–Kier alpha value is -0.120. The summed E-state index contributed by atoms with van der Waals surface area (Å²) < 4.78 is 0. The highest BCUT2D eigenvalue weighted by molar-refractivity contribution is 4.81. The predicted octanol–water partition coefficient (Wildman–Crippen LogP) is 0.299. The molecule has 0 spiro atoms. The highest BCUT2D eigenvalue weighted by atomic mass is 16.3. The summed E-state index contributed by atoms with van der Waals surface area (Å²) in [7, 11) is 2.16. The van der Waals surface area contributed by atoms with Crippen molar-refractivity contribution in [3.05, 3.63) is 0 Å². The van der Waals surface area contributed by atoms with E-state index in [1.807, 2.05) is 13.8 Å². The van der Waals surface area contributed by atoms with E-state index in [0.29, 0.717) is 0 Å². The number of aliphatic hydroxyl groups excluding tert-OH is 1. The molecule has 2 N–H and O–H groups in total. The molecule has 0 aromatic rings. The lowest BCUT2D eigenvalue weighted by Gasteiger charge is -2.25. The molecule has 1 heterocycles. The quantitative estimate of drug-likeness (QED) is 0.663. The Morgan fingerprint density at radius 2 is 2.23 bits per heavy atom. The molecule has 1 saturated heterocycles. The third-order valence-corrected chi connectivity index (χ3v) is 2.75. The van der Waals surface area contributed by atoms with Gasteiger partial charge in [-0.05, 0) is 46.3 Å². The average Bonchev–Trinajstić information content (AvgIpc) is 2.48. The van der Waals surface area contributed by atoms with Crippen LogP contribution in [0.4, 0.5) is 0 Å². The zero-order valence-electron chi connectivity index (χ0n) is 9.01. The first-order valence-electron chi connectivity index (χ1n) is 5.08. The summed E-state index contributed by atoms with van der Waals surface area (Å²) in [4.78, 5) is 2.36. The number of hydrogen-bond donors (Lipinski definition) is 2. The first-order chi connectivity index (χ1) is 6.03. The Labute approximate surface area is 81.1 Å². The van der Waals surface area contributed by atoms with E-state index in [2.05, 4.69) is 17.3 Å². The van der Waals surface area contributed by atoms with Gasteiger partial charge >= 0.3 is 0 Å². The number of likely N-dealkylation sites (tertiary alicyclic amines) is 1. The number of nitrogens with zero attached hydrogens (tertiary/aromatic N) is 1. The molecule has 13 heavy (non-hydrogen) atoms. The van der Waals surface area contributed by atoms with Gasteiger partial charge in [-0.25, -0.2) is 0 Å². The molecule has 1 rings (SSSR count). The van der Waals surface area contributed by atoms with Crippen molar-refractivity contribution in [2.24, 2.45) is 5.92 Å². The van der Waals surface area contributed by atoms with Gasteiger partial charge in [0.05, 0.1) is 6.61 Å². The number of nitrogens with one attached hydrogen (secondary N) is 1. The minimum absolute atomic E-state index is 0.124. The molecule has 3 heteroatoms. The third-order valence-electron chi connectivity index (χ3n) is 2.75. The largest absolute Gasteiger partial charge is 0.394 e. The van der Waals surface area contributed by atoms with Gasteiger partial charge in [0, 0.05) is 12.1 Å². The van der Waals surface area contributed by atoms with Crippen LogP contribution in [0, 0.1) is 5.92 Å². The van der Waals surface area contributed by atoms with E-state index < -0.39 is 0 Å².